The molecule has 0 aliphatic heterocycles. The first-order chi connectivity index (χ1) is 9.11. The second-order valence-electron chi connectivity index (χ2n) is 5.45. The maximum atomic E-state index is 4.68. The summed E-state index contributed by atoms with van der Waals surface area (Å²) >= 11 is 1.88. The van der Waals surface area contributed by atoms with Crippen LogP contribution in [0.25, 0.3) is 0 Å². The molecule has 1 aliphatic rings. The molecule has 1 fully saturated rings. The summed E-state index contributed by atoms with van der Waals surface area (Å²) in [5.74, 6) is 3.51. The fourth-order valence-electron chi connectivity index (χ4n) is 2.50. The summed E-state index contributed by atoms with van der Waals surface area (Å²) in [6, 6.07) is 0.768. The van der Waals surface area contributed by atoms with Gasteiger partial charge in [-0.1, -0.05) is 13.8 Å². The van der Waals surface area contributed by atoms with E-state index in [0.717, 1.165) is 41.3 Å². The van der Waals surface area contributed by atoms with Crippen molar-refractivity contribution in [3.05, 3.63) is 22.8 Å². The fraction of sp³-hybridized carbons (Fsp3) is 0.733. The van der Waals surface area contributed by atoms with Crippen molar-refractivity contribution >= 4 is 11.8 Å². The maximum absolute atomic E-state index is 4.68. The molecule has 3 nitrogen and oxygen atoms in total. The van der Waals surface area contributed by atoms with E-state index >= 15 is 0 Å². The zero-order valence-electron chi connectivity index (χ0n) is 12.5. The topological polar surface area (TPSA) is 37.8 Å². The van der Waals surface area contributed by atoms with Crippen molar-refractivity contribution < 1.29 is 0 Å². The Hall–Kier alpha value is -0.610. The van der Waals surface area contributed by atoms with Gasteiger partial charge in [0.2, 0.25) is 0 Å². The van der Waals surface area contributed by atoms with Gasteiger partial charge < -0.3 is 5.32 Å². The van der Waals surface area contributed by atoms with E-state index < -0.39 is 0 Å². The summed E-state index contributed by atoms with van der Waals surface area (Å²) in [5.41, 5.74) is 3.65. The molecule has 4 heteroatoms. The zero-order chi connectivity index (χ0) is 13.8. The first kappa shape index (κ1) is 14.8. The monoisotopic (exact) mass is 279 g/mol. The second-order valence-corrected chi connectivity index (χ2v) is 6.72. The lowest BCUT2D eigenvalue weighted by atomic mass is 9.98. The van der Waals surface area contributed by atoms with Gasteiger partial charge in [-0.05, 0) is 43.9 Å². The van der Waals surface area contributed by atoms with Crippen LogP contribution in [0.15, 0.2) is 0 Å². The highest BCUT2D eigenvalue weighted by Gasteiger charge is 2.22. The van der Waals surface area contributed by atoms with Gasteiger partial charge >= 0.3 is 0 Å². The third-order valence-corrected chi connectivity index (χ3v) is 4.46. The van der Waals surface area contributed by atoms with Crippen LogP contribution in [0, 0.1) is 13.8 Å². The molecule has 0 bridgehead atoms. The molecule has 1 heterocycles. The lowest BCUT2D eigenvalue weighted by molar-refractivity contribution is 0.602. The van der Waals surface area contributed by atoms with Crippen LogP contribution >= 0.6 is 11.8 Å². The molecule has 1 N–H and O–H groups in total. The van der Waals surface area contributed by atoms with Crippen LogP contribution < -0.4 is 5.32 Å². The van der Waals surface area contributed by atoms with Crippen molar-refractivity contribution in [2.24, 2.45) is 0 Å². The number of aromatic nitrogens is 2. The first-order valence-electron chi connectivity index (χ1n) is 7.27. The molecule has 1 aromatic rings. The highest BCUT2D eigenvalue weighted by atomic mass is 32.2. The van der Waals surface area contributed by atoms with E-state index in [9.17, 15) is 0 Å². The van der Waals surface area contributed by atoms with Gasteiger partial charge in [0, 0.05) is 24.0 Å². The van der Waals surface area contributed by atoms with E-state index in [1.807, 2.05) is 11.8 Å². The molecule has 1 unspecified atom stereocenters. The summed E-state index contributed by atoms with van der Waals surface area (Å²) in [5, 5.41) is 3.60. The zero-order valence-corrected chi connectivity index (χ0v) is 13.3. The van der Waals surface area contributed by atoms with Crippen molar-refractivity contribution in [1.82, 2.24) is 15.3 Å². The van der Waals surface area contributed by atoms with Crippen LogP contribution in [0.1, 0.15) is 55.4 Å². The van der Waals surface area contributed by atoms with Crippen LogP contribution in [0.3, 0.4) is 0 Å². The predicted molar refractivity (Wildman–Crippen MR) is 82.8 cm³/mol. The number of nitrogens with one attached hydrogen (secondary N) is 1. The molecule has 0 spiro atoms. The SMILES string of the molecule is CCSCc1nc(C)c(C(C)CNC2CC2)c(C)n1. The molecule has 1 aliphatic carbocycles. The van der Waals surface area contributed by atoms with Gasteiger partial charge in [-0.25, -0.2) is 9.97 Å². The van der Waals surface area contributed by atoms with E-state index in [4.69, 9.17) is 0 Å². The third-order valence-electron chi connectivity index (χ3n) is 3.59. The summed E-state index contributed by atoms with van der Waals surface area (Å²) in [4.78, 5) is 9.35. The molecular formula is C15H25N3S. The van der Waals surface area contributed by atoms with Gasteiger partial charge in [0.15, 0.2) is 0 Å². The van der Waals surface area contributed by atoms with Gasteiger partial charge in [0.25, 0.3) is 0 Å². The van der Waals surface area contributed by atoms with Crippen molar-refractivity contribution in [3.63, 3.8) is 0 Å². The number of nitrogens with zero attached hydrogens (tertiary/aromatic N) is 2. The Balaban J connectivity index is 2.05. The van der Waals surface area contributed by atoms with Crippen LogP contribution in [0.2, 0.25) is 0 Å². The molecule has 1 aromatic heterocycles. The first-order valence-corrected chi connectivity index (χ1v) is 8.42. The fourth-order valence-corrected chi connectivity index (χ4v) is 3.01. The van der Waals surface area contributed by atoms with Crippen molar-refractivity contribution in [3.8, 4) is 0 Å². The molecule has 0 amide bonds. The van der Waals surface area contributed by atoms with Gasteiger partial charge in [-0.15, -0.1) is 0 Å². The average Bonchev–Trinajstić information content (AvgIpc) is 3.17. The summed E-state index contributed by atoms with van der Waals surface area (Å²) in [7, 11) is 0. The number of thioether (sulfide) groups is 1. The number of hydrogen-bond acceptors (Lipinski definition) is 4. The Bertz CT molecular complexity index is 406. The van der Waals surface area contributed by atoms with E-state index in [0.29, 0.717) is 5.92 Å². The lowest BCUT2D eigenvalue weighted by Gasteiger charge is -2.18. The summed E-state index contributed by atoms with van der Waals surface area (Å²) in [6.45, 7) is 9.73. The van der Waals surface area contributed by atoms with Gasteiger partial charge in [-0.2, -0.15) is 11.8 Å². The van der Waals surface area contributed by atoms with Crippen molar-refractivity contribution in [2.45, 2.75) is 58.2 Å². The Kier molecular flexibility index (Phi) is 5.22. The highest BCUT2D eigenvalue weighted by Crippen LogP contribution is 2.24. The van der Waals surface area contributed by atoms with Gasteiger partial charge in [0.05, 0.1) is 5.75 Å². The molecule has 1 saturated carbocycles. The Morgan fingerprint density at radius 1 is 1.26 bits per heavy atom. The van der Waals surface area contributed by atoms with E-state index in [1.54, 1.807) is 0 Å². The molecule has 0 aromatic carbocycles. The molecule has 1 atom stereocenters. The quantitative estimate of drug-likeness (QED) is 0.832. The number of hydrogen-bond donors (Lipinski definition) is 1. The highest BCUT2D eigenvalue weighted by molar-refractivity contribution is 7.98. The van der Waals surface area contributed by atoms with Crippen LogP contribution in [0.4, 0.5) is 0 Å². The van der Waals surface area contributed by atoms with E-state index in [1.165, 1.54) is 18.4 Å². The third kappa shape index (κ3) is 4.18. The van der Waals surface area contributed by atoms with Gasteiger partial charge in [-0.3, -0.25) is 0 Å². The number of aryl methyl sites for hydroxylation is 2. The number of rotatable bonds is 7. The largest absolute Gasteiger partial charge is 0.313 e. The Labute approximate surface area is 121 Å². The van der Waals surface area contributed by atoms with Crippen LogP contribution in [-0.4, -0.2) is 28.3 Å². The van der Waals surface area contributed by atoms with Crippen LogP contribution in [-0.2, 0) is 5.75 Å². The lowest BCUT2D eigenvalue weighted by Crippen LogP contribution is -2.23. The molecular weight excluding hydrogens is 254 g/mol. The molecule has 0 saturated heterocycles. The molecule has 106 valence electrons. The second kappa shape index (κ2) is 6.71. The minimum atomic E-state index is 0.494. The minimum absolute atomic E-state index is 0.494. The van der Waals surface area contributed by atoms with E-state index in [-0.39, 0.29) is 0 Å². The van der Waals surface area contributed by atoms with E-state index in [2.05, 4.69) is 43.0 Å². The maximum Gasteiger partial charge on any atom is 0.138 e. The Morgan fingerprint density at radius 3 is 2.42 bits per heavy atom. The summed E-state index contributed by atoms with van der Waals surface area (Å²) in [6.07, 6.45) is 2.68. The van der Waals surface area contributed by atoms with Crippen LogP contribution in [0.5, 0.6) is 0 Å². The molecule has 0 radical (unpaired) electrons. The smallest absolute Gasteiger partial charge is 0.138 e. The predicted octanol–water partition coefficient (Wildman–Crippen LogP) is 3.20. The summed E-state index contributed by atoms with van der Waals surface area (Å²) < 4.78 is 0. The Morgan fingerprint density at radius 2 is 1.89 bits per heavy atom. The van der Waals surface area contributed by atoms with Crippen molar-refractivity contribution in [1.29, 1.82) is 0 Å². The normalized spacial score (nSPS) is 16.6. The minimum Gasteiger partial charge on any atom is -0.313 e. The molecule has 19 heavy (non-hydrogen) atoms. The average molecular weight is 279 g/mol. The van der Waals surface area contributed by atoms with Crippen molar-refractivity contribution in [2.75, 3.05) is 12.3 Å². The standard InChI is InChI=1S/C15H25N3S/c1-5-19-9-14-17-11(3)15(12(4)18-14)10(2)8-16-13-6-7-13/h10,13,16H,5-9H2,1-4H3. The molecule has 2 rings (SSSR count). The van der Waals surface area contributed by atoms with Gasteiger partial charge in [0.1, 0.15) is 5.82 Å².